The van der Waals surface area contributed by atoms with Crippen molar-refractivity contribution in [3.05, 3.63) is 60.2 Å². The van der Waals surface area contributed by atoms with Crippen molar-refractivity contribution < 1.29 is 35.5 Å². The van der Waals surface area contributed by atoms with Crippen LogP contribution >= 0.6 is 0 Å². The summed E-state index contributed by atoms with van der Waals surface area (Å²) in [5, 5.41) is 18.9. The van der Waals surface area contributed by atoms with Crippen LogP contribution in [-0.2, 0) is 36.5 Å². The fourth-order valence-corrected chi connectivity index (χ4v) is 1.45. The molecule has 0 atom stereocenters. The third-order valence-electron chi connectivity index (χ3n) is 2.58. The molecule has 23 heavy (non-hydrogen) atoms. The summed E-state index contributed by atoms with van der Waals surface area (Å²) in [4.78, 5) is 8.00. The number of aromatic nitrogens is 2. The van der Waals surface area contributed by atoms with Gasteiger partial charge in [-0.15, -0.1) is 0 Å². The van der Waals surface area contributed by atoms with Crippen LogP contribution in [0.2, 0.25) is 0 Å². The Morgan fingerprint density at radius 2 is 1.09 bits per heavy atom. The van der Waals surface area contributed by atoms with E-state index < -0.39 is 29.7 Å². The molecule has 0 spiro atoms. The molecule has 0 aliphatic heterocycles. The number of hydrogen-bond acceptors (Lipinski definition) is 6. The van der Waals surface area contributed by atoms with Gasteiger partial charge in [-0.05, 0) is 52.0 Å². The maximum absolute atomic E-state index is 9.43. The van der Waals surface area contributed by atoms with E-state index in [-0.39, 0.29) is 0 Å². The summed E-state index contributed by atoms with van der Waals surface area (Å²) in [6, 6.07) is 11.0. The van der Waals surface area contributed by atoms with Gasteiger partial charge in [0.25, 0.3) is 0 Å². The zero-order valence-electron chi connectivity index (χ0n) is 13.6. The summed E-state index contributed by atoms with van der Waals surface area (Å²) in [5.41, 5.74) is -0.229. The Hall–Kier alpha value is -1.49. The molecular weight excluding hydrogens is 468 g/mol. The molecular formula is C16H22N2O4W. The van der Waals surface area contributed by atoms with Crippen LogP contribution in [0.25, 0.3) is 0 Å². The minimum absolute atomic E-state index is 0.704. The normalized spacial score (nSPS) is 10.5. The first-order valence-corrected chi connectivity index (χ1v) is 9.22. The van der Waals surface area contributed by atoms with Crippen molar-refractivity contribution in [1.29, 1.82) is 0 Å². The van der Waals surface area contributed by atoms with Crippen LogP contribution in [-0.4, -0.2) is 20.2 Å². The van der Waals surface area contributed by atoms with E-state index in [4.69, 9.17) is 6.80 Å². The fraction of sp³-hybridized carbons (Fsp3) is 0.375. The molecule has 126 valence electrons. The van der Waals surface area contributed by atoms with Crippen LogP contribution in [0, 0.1) is 0 Å². The summed E-state index contributed by atoms with van der Waals surface area (Å²) < 4.78 is 17.1. The zero-order chi connectivity index (χ0) is 17.9. The van der Waals surface area contributed by atoms with Crippen LogP contribution in [0.1, 0.15) is 39.1 Å². The molecule has 2 heterocycles. The number of nitrogens with zero attached hydrogens (tertiary/aromatic N) is 2. The SMILES string of the molecule is CC(C)(O)c1ccccn1.CC(C)(O)c1ccccn1.[O]=[W]=[O]. The van der Waals surface area contributed by atoms with Crippen LogP contribution < -0.4 is 0 Å². The van der Waals surface area contributed by atoms with Gasteiger partial charge in [0, 0.05) is 12.4 Å². The number of rotatable bonds is 2. The molecule has 0 aliphatic rings. The molecule has 2 aromatic rings. The van der Waals surface area contributed by atoms with Crippen molar-refractivity contribution in [2.24, 2.45) is 0 Å². The van der Waals surface area contributed by atoms with E-state index in [1.165, 1.54) is 0 Å². The first-order valence-electron chi connectivity index (χ1n) is 6.82. The molecule has 2 N–H and O–H groups in total. The summed E-state index contributed by atoms with van der Waals surface area (Å²) in [6.07, 6.45) is 3.35. The van der Waals surface area contributed by atoms with E-state index >= 15 is 0 Å². The van der Waals surface area contributed by atoms with E-state index in [0.29, 0.717) is 11.4 Å². The Morgan fingerprint density at radius 1 is 0.783 bits per heavy atom. The van der Waals surface area contributed by atoms with Gasteiger partial charge in [0.15, 0.2) is 0 Å². The Kier molecular flexibility index (Phi) is 9.65. The molecule has 0 unspecified atom stereocenters. The van der Waals surface area contributed by atoms with Crippen molar-refractivity contribution in [2.75, 3.05) is 0 Å². The first-order chi connectivity index (χ1) is 10.6. The van der Waals surface area contributed by atoms with E-state index in [1.54, 1.807) is 52.2 Å². The van der Waals surface area contributed by atoms with Gasteiger partial charge in [0.1, 0.15) is 11.2 Å². The molecule has 0 saturated heterocycles. The van der Waals surface area contributed by atoms with Gasteiger partial charge in [0.2, 0.25) is 0 Å². The molecule has 0 aromatic carbocycles. The quantitative estimate of drug-likeness (QED) is 0.671. The van der Waals surface area contributed by atoms with Crippen LogP contribution in [0.4, 0.5) is 0 Å². The van der Waals surface area contributed by atoms with Crippen molar-refractivity contribution in [1.82, 2.24) is 9.97 Å². The summed E-state index contributed by atoms with van der Waals surface area (Å²) >= 11 is -2.25. The summed E-state index contributed by atoms with van der Waals surface area (Å²) in [5.74, 6) is 0. The minimum atomic E-state index is -2.25. The van der Waals surface area contributed by atoms with E-state index in [2.05, 4.69) is 9.97 Å². The molecule has 2 aromatic heterocycles. The molecule has 0 fully saturated rings. The first kappa shape index (κ1) is 21.5. The second-order valence-corrected chi connectivity index (χ2v) is 6.10. The third-order valence-corrected chi connectivity index (χ3v) is 2.58. The van der Waals surface area contributed by atoms with Crippen molar-refractivity contribution in [3.8, 4) is 0 Å². The third kappa shape index (κ3) is 10.00. The zero-order valence-corrected chi connectivity index (χ0v) is 16.6. The number of pyridine rings is 2. The predicted molar refractivity (Wildman–Crippen MR) is 80.3 cm³/mol. The Bertz CT molecular complexity index is 537. The average molecular weight is 490 g/mol. The molecule has 7 heteroatoms. The predicted octanol–water partition coefficient (Wildman–Crippen LogP) is 2.38. The molecule has 2 rings (SSSR count). The van der Waals surface area contributed by atoms with Gasteiger partial charge >= 0.3 is 25.3 Å². The van der Waals surface area contributed by atoms with Gasteiger partial charge in [0.05, 0.1) is 11.4 Å². The fourth-order valence-electron chi connectivity index (χ4n) is 1.45. The van der Waals surface area contributed by atoms with Gasteiger partial charge in [-0.2, -0.15) is 0 Å². The van der Waals surface area contributed by atoms with Crippen LogP contribution in [0.3, 0.4) is 0 Å². The second-order valence-electron chi connectivity index (χ2n) is 5.62. The molecule has 0 aliphatic carbocycles. The molecule has 0 bridgehead atoms. The molecule has 0 saturated carbocycles. The summed E-state index contributed by atoms with van der Waals surface area (Å²) in [7, 11) is 0. The van der Waals surface area contributed by atoms with Gasteiger partial charge in [-0.25, -0.2) is 0 Å². The Labute approximate surface area is 144 Å². The van der Waals surface area contributed by atoms with Crippen LogP contribution in [0.5, 0.6) is 0 Å². The van der Waals surface area contributed by atoms with Gasteiger partial charge in [-0.1, -0.05) is 12.1 Å². The topological polar surface area (TPSA) is 100 Å². The van der Waals surface area contributed by atoms with Crippen LogP contribution in [0.15, 0.2) is 48.8 Å². The van der Waals surface area contributed by atoms with E-state index in [1.807, 2.05) is 24.3 Å². The Balaban J connectivity index is 0.000000360. The average Bonchev–Trinajstić information content (AvgIpc) is 2.49. The molecule has 0 radical (unpaired) electrons. The van der Waals surface area contributed by atoms with Crippen molar-refractivity contribution in [2.45, 2.75) is 38.9 Å². The number of aliphatic hydroxyl groups is 2. The van der Waals surface area contributed by atoms with E-state index in [9.17, 15) is 10.2 Å². The molecule has 0 amide bonds. The number of hydrogen-bond donors (Lipinski definition) is 2. The second kappa shape index (κ2) is 10.3. The maximum atomic E-state index is 9.43. The van der Waals surface area contributed by atoms with Crippen molar-refractivity contribution in [3.63, 3.8) is 0 Å². The van der Waals surface area contributed by atoms with Crippen molar-refractivity contribution >= 4 is 0 Å². The Morgan fingerprint density at radius 3 is 1.22 bits per heavy atom. The summed E-state index contributed by atoms with van der Waals surface area (Å²) in [6.45, 7) is 6.87. The standard InChI is InChI=1S/2C8H11NO.2O.W/c2*1-8(2,10)7-5-3-4-6-9-7;;;/h2*3-6,10H,1-2H3;;;. The van der Waals surface area contributed by atoms with Gasteiger partial charge in [-0.3, -0.25) is 9.97 Å². The van der Waals surface area contributed by atoms with E-state index in [0.717, 1.165) is 0 Å². The monoisotopic (exact) mass is 490 g/mol. The molecule has 6 nitrogen and oxygen atoms in total. The van der Waals surface area contributed by atoms with Gasteiger partial charge < -0.3 is 10.2 Å².